The molecule has 0 aromatic heterocycles. The van der Waals surface area contributed by atoms with E-state index in [0.717, 1.165) is 12.5 Å². The number of alkyl halides is 1. The molecule has 3 atom stereocenters. The number of halogens is 1. The van der Waals surface area contributed by atoms with Crippen LogP contribution in [0.4, 0.5) is 0 Å². The first-order valence-corrected chi connectivity index (χ1v) is 7.34. The van der Waals surface area contributed by atoms with Crippen LogP contribution < -0.4 is 0 Å². The van der Waals surface area contributed by atoms with Crippen LogP contribution in [0.2, 0.25) is 0 Å². The van der Waals surface area contributed by atoms with E-state index >= 15 is 0 Å². The third-order valence-electron chi connectivity index (χ3n) is 5.46. The van der Waals surface area contributed by atoms with Gasteiger partial charge in [-0.3, -0.25) is 0 Å². The van der Waals surface area contributed by atoms with E-state index < -0.39 is 0 Å². The zero-order valence-electron chi connectivity index (χ0n) is 10.3. The van der Waals surface area contributed by atoms with Crippen molar-refractivity contribution in [2.75, 3.05) is 6.61 Å². The van der Waals surface area contributed by atoms with Crippen molar-refractivity contribution in [3.63, 3.8) is 0 Å². The molecule has 1 saturated heterocycles. The van der Waals surface area contributed by atoms with Gasteiger partial charge in [0.25, 0.3) is 0 Å². The van der Waals surface area contributed by atoms with Crippen LogP contribution >= 0.6 is 11.6 Å². The Morgan fingerprint density at radius 2 is 1.94 bits per heavy atom. The molecule has 3 aliphatic rings. The fourth-order valence-electron chi connectivity index (χ4n) is 4.11. The second kappa shape index (κ2) is 3.88. The minimum Gasteiger partial charge on any atom is -0.375 e. The SMILES string of the molecule is CC1(C2CCOC3(CCC3)C2)CCC(Cl)C1. The van der Waals surface area contributed by atoms with Gasteiger partial charge in [-0.1, -0.05) is 6.92 Å². The van der Waals surface area contributed by atoms with Crippen molar-refractivity contribution < 1.29 is 4.74 Å². The highest BCUT2D eigenvalue weighted by atomic mass is 35.5. The van der Waals surface area contributed by atoms with Crippen LogP contribution in [0, 0.1) is 11.3 Å². The Morgan fingerprint density at radius 3 is 2.50 bits per heavy atom. The third kappa shape index (κ3) is 1.80. The van der Waals surface area contributed by atoms with Crippen molar-refractivity contribution in [2.45, 2.75) is 69.3 Å². The molecule has 2 saturated carbocycles. The second-order valence-corrected chi connectivity index (χ2v) is 7.19. The largest absolute Gasteiger partial charge is 0.375 e. The highest BCUT2D eigenvalue weighted by Crippen LogP contribution is 2.54. The average molecular weight is 243 g/mol. The van der Waals surface area contributed by atoms with Crippen LogP contribution in [0.15, 0.2) is 0 Å². The summed E-state index contributed by atoms with van der Waals surface area (Å²) in [6, 6.07) is 0. The Labute approximate surface area is 104 Å². The first kappa shape index (κ1) is 11.3. The van der Waals surface area contributed by atoms with E-state index in [-0.39, 0.29) is 0 Å². The van der Waals surface area contributed by atoms with E-state index in [2.05, 4.69) is 6.92 Å². The quantitative estimate of drug-likeness (QED) is 0.629. The third-order valence-corrected chi connectivity index (χ3v) is 5.83. The van der Waals surface area contributed by atoms with Crippen molar-refractivity contribution in [3.8, 4) is 0 Å². The molecule has 0 amide bonds. The molecule has 0 N–H and O–H groups in total. The molecule has 0 aromatic carbocycles. The monoisotopic (exact) mass is 242 g/mol. The van der Waals surface area contributed by atoms with E-state index in [1.165, 1.54) is 51.4 Å². The normalized spacial score (nSPS) is 46.9. The summed E-state index contributed by atoms with van der Waals surface area (Å²) in [7, 11) is 0. The topological polar surface area (TPSA) is 9.23 Å². The lowest BCUT2D eigenvalue weighted by molar-refractivity contribution is -0.158. The van der Waals surface area contributed by atoms with Crippen LogP contribution in [-0.2, 0) is 4.74 Å². The Bertz CT molecular complexity index is 274. The fraction of sp³-hybridized carbons (Fsp3) is 1.00. The van der Waals surface area contributed by atoms with Gasteiger partial charge in [0, 0.05) is 12.0 Å². The van der Waals surface area contributed by atoms with E-state index in [0.29, 0.717) is 16.4 Å². The maximum Gasteiger partial charge on any atom is 0.0685 e. The van der Waals surface area contributed by atoms with E-state index in [9.17, 15) is 0 Å². The zero-order chi connectivity index (χ0) is 11.2. The predicted octanol–water partition coefficient (Wildman–Crippen LogP) is 4.13. The summed E-state index contributed by atoms with van der Waals surface area (Å²) in [5, 5.41) is 0.435. The van der Waals surface area contributed by atoms with Crippen molar-refractivity contribution in [1.29, 1.82) is 0 Å². The molecular formula is C14H23ClO. The Morgan fingerprint density at radius 1 is 1.12 bits per heavy atom. The van der Waals surface area contributed by atoms with Gasteiger partial charge < -0.3 is 4.74 Å². The number of hydrogen-bond acceptors (Lipinski definition) is 1. The van der Waals surface area contributed by atoms with Gasteiger partial charge in [-0.15, -0.1) is 11.6 Å². The zero-order valence-corrected chi connectivity index (χ0v) is 11.1. The molecular weight excluding hydrogens is 220 g/mol. The molecule has 1 heterocycles. The molecule has 1 nitrogen and oxygen atoms in total. The van der Waals surface area contributed by atoms with Crippen molar-refractivity contribution in [2.24, 2.45) is 11.3 Å². The lowest BCUT2D eigenvalue weighted by Gasteiger charge is -2.51. The molecule has 3 fully saturated rings. The minimum absolute atomic E-state index is 0.302. The Hall–Kier alpha value is 0.250. The molecule has 0 bridgehead atoms. The molecule has 3 unspecified atom stereocenters. The van der Waals surface area contributed by atoms with E-state index in [4.69, 9.17) is 16.3 Å². The van der Waals surface area contributed by atoms with Crippen LogP contribution in [0.3, 0.4) is 0 Å². The molecule has 2 aliphatic carbocycles. The van der Waals surface area contributed by atoms with Crippen LogP contribution in [0.5, 0.6) is 0 Å². The molecule has 92 valence electrons. The summed E-state index contributed by atoms with van der Waals surface area (Å²) in [5.41, 5.74) is 0.815. The van der Waals surface area contributed by atoms with Gasteiger partial charge in [0.2, 0.25) is 0 Å². The maximum atomic E-state index is 6.30. The number of ether oxygens (including phenoxy) is 1. The smallest absolute Gasteiger partial charge is 0.0685 e. The summed E-state index contributed by atoms with van der Waals surface area (Å²) >= 11 is 6.30. The first-order chi connectivity index (χ1) is 7.62. The van der Waals surface area contributed by atoms with Gasteiger partial charge >= 0.3 is 0 Å². The van der Waals surface area contributed by atoms with Gasteiger partial charge in [0.1, 0.15) is 0 Å². The van der Waals surface area contributed by atoms with Crippen molar-refractivity contribution in [3.05, 3.63) is 0 Å². The van der Waals surface area contributed by atoms with Gasteiger partial charge in [-0.2, -0.15) is 0 Å². The predicted molar refractivity (Wildman–Crippen MR) is 66.9 cm³/mol. The fourth-order valence-corrected chi connectivity index (χ4v) is 4.57. The summed E-state index contributed by atoms with van der Waals surface area (Å²) in [4.78, 5) is 0. The van der Waals surface area contributed by atoms with Crippen LogP contribution in [0.25, 0.3) is 0 Å². The van der Waals surface area contributed by atoms with Crippen LogP contribution in [0.1, 0.15) is 58.3 Å². The van der Waals surface area contributed by atoms with E-state index in [1.807, 2.05) is 0 Å². The van der Waals surface area contributed by atoms with Gasteiger partial charge in [-0.05, 0) is 62.7 Å². The molecule has 16 heavy (non-hydrogen) atoms. The highest BCUT2D eigenvalue weighted by molar-refractivity contribution is 6.20. The standard InChI is InChI=1S/C14H23ClO/c1-13(7-3-12(15)10-13)11-4-8-16-14(9-11)5-2-6-14/h11-12H,2-10H2,1H3. The molecule has 0 radical (unpaired) electrons. The molecule has 3 rings (SSSR count). The van der Waals surface area contributed by atoms with Gasteiger partial charge in [-0.25, -0.2) is 0 Å². The summed E-state index contributed by atoms with van der Waals surface area (Å²) in [6.45, 7) is 3.46. The van der Waals surface area contributed by atoms with E-state index in [1.54, 1.807) is 0 Å². The highest BCUT2D eigenvalue weighted by Gasteiger charge is 2.49. The molecule has 0 aromatic rings. The summed E-state index contributed by atoms with van der Waals surface area (Å²) in [6.07, 6.45) is 10.4. The summed E-state index contributed by atoms with van der Waals surface area (Å²) in [5.74, 6) is 0.866. The molecule has 1 spiro atoms. The lowest BCUT2D eigenvalue weighted by Crippen LogP contribution is -2.48. The maximum absolute atomic E-state index is 6.30. The minimum atomic E-state index is 0.302. The first-order valence-electron chi connectivity index (χ1n) is 6.90. The van der Waals surface area contributed by atoms with Crippen LogP contribution in [-0.4, -0.2) is 17.6 Å². The lowest BCUT2D eigenvalue weighted by atomic mass is 9.64. The Kier molecular flexibility index (Phi) is 2.75. The van der Waals surface area contributed by atoms with Crippen molar-refractivity contribution in [1.82, 2.24) is 0 Å². The van der Waals surface area contributed by atoms with Gasteiger partial charge in [0.15, 0.2) is 0 Å². The number of rotatable bonds is 1. The van der Waals surface area contributed by atoms with Gasteiger partial charge in [0.05, 0.1) is 5.60 Å². The number of hydrogen-bond donors (Lipinski definition) is 0. The average Bonchev–Trinajstić information content (AvgIpc) is 2.58. The second-order valence-electron chi connectivity index (χ2n) is 6.57. The Balaban J connectivity index is 1.70. The van der Waals surface area contributed by atoms with Crippen molar-refractivity contribution >= 4 is 11.6 Å². The molecule has 2 heteroatoms. The molecule has 1 aliphatic heterocycles. The summed E-state index contributed by atoms with van der Waals surface area (Å²) < 4.78 is 6.03.